The molecule has 2 heterocycles. The quantitative estimate of drug-likeness (QED) is 0.829. The van der Waals surface area contributed by atoms with Crippen LogP contribution in [0.4, 0.5) is 5.82 Å². The van der Waals surface area contributed by atoms with Crippen LogP contribution >= 0.6 is 0 Å². The molecular weight excluding hydrogens is 202 g/mol. The van der Waals surface area contributed by atoms with Gasteiger partial charge in [-0.05, 0) is 12.1 Å². The first kappa shape index (κ1) is 9.15. The summed E-state index contributed by atoms with van der Waals surface area (Å²) >= 11 is 0. The first-order chi connectivity index (χ1) is 7.93. The molecular formula is C12H11N3O. The molecule has 0 amide bonds. The molecule has 0 saturated heterocycles. The van der Waals surface area contributed by atoms with Crippen molar-refractivity contribution in [3.05, 3.63) is 48.4 Å². The smallest absolute Gasteiger partial charge is 0.129 e. The molecule has 80 valence electrons. The molecule has 1 unspecified atom stereocenters. The third-order valence-corrected chi connectivity index (χ3v) is 2.60. The van der Waals surface area contributed by atoms with Gasteiger partial charge in [0.25, 0.3) is 0 Å². The van der Waals surface area contributed by atoms with E-state index in [2.05, 4.69) is 21.4 Å². The van der Waals surface area contributed by atoms with E-state index in [9.17, 15) is 0 Å². The number of nitrogens with zero attached hydrogens (tertiary/aromatic N) is 2. The highest BCUT2D eigenvalue weighted by molar-refractivity contribution is 5.45. The minimum Gasteiger partial charge on any atom is -0.491 e. The molecule has 1 N–H and O–H groups in total. The lowest BCUT2D eigenvalue weighted by atomic mass is 10.1. The van der Waals surface area contributed by atoms with Gasteiger partial charge < -0.3 is 10.1 Å². The monoisotopic (exact) mass is 213 g/mol. The van der Waals surface area contributed by atoms with Gasteiger partial charge in [-0.15, -0.1) is 0 Å². The van der Waals surface area contributed by atoms with Crippen molar-refractivity contribution in [1.82, 2.24) is 9.97 Å². The number of benzene rings is 1. The Balaban J connectivity index is 1.84. The summed E-state index contributed by atoms with van der Waals surface area (Å²) in [7, 11) is 0. The lowest BCUT2D eigenvalue weighted by Gasteiger charge is -2.11. The van der Waals surface area contributed by atoms with Crippen LogP contribution in [0, 0.1) is 0 Å². The van der Waals surface area contributed by atoms with E-state index in [1.807, 2.05) is 24.3 Å². The van der Waals surface area contributed by atoms with Crippen LogP contribution in [0.5, 0.6) is 5.75 Å². The Kier molecular flexibility index (Phi) is 2.18. The molecule has 2 aromatic rings. The van der Waals surface area contributed by atoms with Crippen molar-refractivity contribution in [2.75, 3.05) is 11.9 Å². The van der Waals surface area contributed by atoms with Crippen molar-refractivity contribution in [1.29, 1.82) is 0 Å². The fraction of sp³-hybridized carbons (Fsp3) is 0.167. The van der Waals surface area contributed by atoms with Crippen molar-refractivity contribution in [3.63, 3.8) is 0 Å². The zero-order chi connectivity index (χ0) is 10.8. The Morgan fingerprint density at radius 2 is 2.19 bits per heavy atom. The van der Waals surface area contributed by atoms with Gasteiger partial charge in [-0.1, -0.05) is 18.2 Å². The molecule has 0 bridgehead atoms. The van der Waals surface area contributed by atoms with Gasteiger partial charge in [-0.25, -0.2) is 9.97 Å². The van der Waals surface area contributed by atoms with Crippen LogP contribution < -0.4 is 10.1 Å². The minimum absolute atomic E-state index is 0.172. The van der Waals surface area contributed by atoms with Crippen LogP contribution in [0.25, 0.3) is 0 Å². The van der Waals surface area contributed by atoms with Crippen LogP contribution in [0.2, 0.25) is 0 Å². The number of para-hydroxylation sites is 1. The van der Waals surface area contributed by atoms with Crippen molar-refractivity contribution in [2.24, 2.45) is 0 Å². The fourth-order valence-corrected chi connectivity index (χ4v) is 1.84. The van der Waals surface area contributed by atoms with Crippen molar-refractivity contribution in [3.8, 4) is 5.75 Å². The van der Waals surface area contributed by atoms with Crippen molar-refractivity contribution < 1.29 is 4.74 Å². The average molecular weight is 213 g/mol. The zero-order valence-electron chi connectivity index (χ0n) is 8.63. The maximum absolute atomic E-state index is 5.58. The number of rotatable bonds is 2. The van der Waals surface area contributed by atoms with Gasteiger partial charge in [0.2, 0.25) is 0 Å². The number of fused-ring (bicyclic) bond motifs is 1. The van der Waals surface area contributed by atoms with Crippen LogP contribution in [0.1, 0.15) is 11.6 Å². The molecule has 0 saturated carbocycles. The van der Waals surface area contributed by atoms with Gasteiger partial charge in [0.1, 0.15) is 24.5 Å². The Morgan fingerprint density at radius 1 is 1.25 bits per heavy atom. The molecule has 1 aliphatic heterocycles. The number of ether oxygens (including phenoxy) is 1. The normalized spacial score (nSPS) is 17.6. The SMILES string of the molecule is c1ccc2c(c1)OCC2Nc1ccncn1. The fourth-order valence-electron chi connectivity index (χ4n) is 1.84. The lowest BCUT2D eigenvalue weighted by Crippen LogP contribution is -2.12. The average Bonchev–Trinajstić information content (AvgIpc) is 2.74. The molecule has 3 rings (SSSR count). The topological polar surface area (TPSA) is 47.0 Å². The van der Waals surface area contributed by atoms with Crippen LogP contribution in [-0.2, 0) is 0 Å². The second kappa shape index (κ2) is 3.81. The molecule has 1 aromatic carbocycles. The lowest BCUT2D eigenvalue weighted by molar-refractivity contribution is 0.339. The molecule has 4 nitrogen and oxygen atoms in total. The van der Waals surface area contributed by atoms with Gasteiger partial charge in [-0.3, -0.25) is 0 Å². The largest absolute Gasteiger partial charge is 0.491 e. The van der Waals surface area contributed by atoms with Gasteiger partial charge in [0, 0.05) is 11.8 Å². The summed E-state index contributed by atoms with van der Waals surface area (Å²) in [5.74, 6) is 1.77. The van der Waals surface area contributed by atoms with E-state index in [-0.39, 0.29) is 6.04 Å². The van der Waals surface area contributed by atoms with E-state index in [0.29, 0.717) is 6.61 Å². The second-order valence-corrected chi connectivity index (χ2v) is 3.64. The van der Waals surface area contributed by atoms with E-state index in [1.165, 1.54) is 11.9 Å². The van der Waals surface area contributed by atoms with Gasteiger partial charge in [0.05, 0.1) is 6.04 Å². The van der Waals surface area contributed by atoms with Gasteiger partial charge in [-0.2, -0.15) is 0 Å². The summed E-state index contributed by atoms with van der Waals surface area (Å²) in [6, 6.07) is 10.1. The molecule has 0 aliphatic carbocycles. The third kappa shape index (κ3) is 1.58. The van der Waals surface area contributed by atoms with Crippen molar-refractivity contribution >= 4 is 5.82 Å². The number of aromatic nitrogens is 2. The molecule has 1 atom stereocenters. The molecule has 0 spiro atoms. The van der Waals surface area contributed by atoms with E-state index < -0.39 is 0 Å². The van der Waals surface area contributed by atoms with Crippen LogP contribution in [0.15, 0.2) is 42.9 Å². The Hall–Kier alpha value is -2.10. The minimum atomic E-state index is 0.172. The predicted octanol–water partition coefficient (Wildman–Crippen LogP) is 2.02. The maximum atomic E-state index is 5.58. The summed E-state index contributed by atoms with van der Waals surface area (Å²) in [5.41, 5.74) is 1.18. The number of nitrogens with one attached hydrogen (secondary N) is 1. The Bertz CT molecular complexity index is 487. The second-order valence-electron chi connectivity index (χ2n) is 3.64. The highest BCUT2D eigenvalue weighted by Gasteiger charge is 2.23. The molecule has 1 aliphatic rings. The molecule has 0 fully saturated rings. The van der Waals surface area contributed by atoms with Crippen LogP contribution in [0.3, 0.4) is 0 Å². The van der Waals surface area contributed by atoms with Crippen molar-refractivity contribution in [2.45, 2.75) is 6.04 Å². The summed E-state index contributed by atoms with van der Waals surface area (Å²) in [6.07, 6.45) is 3.25. The van der Waals surface area contributed by atoms with Gasteiger partial charge in [0.15, 0.2) is 0 Å². The highest BCUT2D eigenvalue weighted by Crippen LogP contribution is 2.33. The standard InChI is InChI=1S/C12H11N3O/c1-2-4-11-9(3-1)10(7-16-11)15-12-5-6-13-8-14-12/h1-6,8,10H,7H2,(H,13,14,15). The molecule has 4 heteroatoms. The third-order valence-electron chi connectivity index (χ3n) is 2.60. The van der Waals surface area contributed by atoms with E-state index in [0.717, 1.165) is 11.6 Å². The molecule has 1 aromatic heterocycles. The highest BCUT2D eigenvalue weighted by atomic mass is 16.5. The van der Waals surface area contributed by atoms with E-state index in [1.54, 1.807) is 6.20 Å². The summed E-state index contributed by atoms with van der Waals surface area (Å²) in [4.78, 5) is 8.02. The number of hydrogen-bond donors (Lipinski definition) is 1. The first-order valence-electron chi connectivity index (χ1n) is 5.18. The zero-order valence-corrected chi connectivity index (χ0v) is 8.63. The number of anilines is 1. The summed E-state index contributed by atoms with van der Waals surface area (Å²) in [5, 5.41) is 3.32. The Morgan fingerprint density at radius 3 is 3.06 bits per heavy atom. The maximum Gasteiger partial charge on any atom is 0.129 e. The predicted molar refractivity (Wildman–Crippen MR) is 60.3 cm³/mol. The summed E-state index contributed by atoms with van der Waals surface area (Å²) in [6.45, 7) is 0.642. The van der Waals surface area contributed by atoms with Gasteiger partial charge >= 0.3 is 0 Å². The first-order valence-corrected chi connectivity index (χ1v) is 5.18. The summed E-state index contributed by atoms with van der Waals surface area (Å²) < 4.78 is 5.58. The van der Waals surface area contributed by atoms with E-state index >= 15 is 0 Å². The molecule has 0 radical (unpaired) electrons. The molecule has 16 heavy (non-hydrogen) atoms. The van der Waals surface area contributed by atoms with E-state index in [4.69, 9.17) is 4.74 Å². The number of hydrogen-bond acceptors (Lipinski definition) is 4. The van der Waals surface area contributed by atoms with Crippen LogP contribution in [-0.4, -0.2) is 16.6 Å². The Labute approximate surface area is 93.3 Å².